The van der Waals surface area contributed by atoms with Crippen LogP contribution in [0, 0.1) is 5.82 Å². The predicted octanol–water partition coefficient (Wildman–Crippen LogP) is 1.99. The van der Waals surface area contributed by atoms with E-state index < -0.39 is 6.04 Å². The maximum Gasteiger partial charge on any atom is 0.242 e. The third kappa shape index (κ3) is 3.14. The first-order chi connectivity index (χ1) is 11.7. The molecule has 2 heterocycles. The predicted molar refractivity (Wildman–Crippen MR) is 86.5 cm³/mol. The molecule has 4 rings (SSSR count). The lowest BCUT2D eigenvalue weighted by Gasteiger charge is -2.34. The molecule has 0 saturated heterocycles. The Morgan fingerprint density at radius 1 is 1.29 bits per heavy atom. The van der Waals surface area contributed by atoms with E-state index in [2.05, 4.69) is 20.2 Å². The molecule has 24 heavy (non-hydrogen) atoms. The molecule has 1 amide bonds. The van der Waals surface area contributed by atoms with Gasteiger partial charge >= 0.3 is 0 Å². The van der Waals surface area contributed by atoms with E-state index in [1.54, 1.807) is 18.5 Å². The molecule has 2 aromatic rings. The van der Waals surface area contributed by atoms with Gasteiger partial charge in [0.1, 0.15) is 18.2 Å². The van der Waals surface area contributed by atoms with Crippen molar-refractivity contribution in [2.45, 2.75) is 37.9 Å². The van der Waals surface area contributed by atoms with Gasteiger partial charge in [-0.05, 0) is 42.5 Å². The second-order valence-corrected chi connectivity index (χ2v) is 6.45. The number of carbonyl (C=O) groups is 1. The third-order valence-corrected chi connectivity index (χ3v) is 4.63. The molecule has 1 aliphatic carbocycles. The van der Waals surface area contributed by atoms with E-state index in [9.17, 15) is 9.18 Å². The summed E-state index contributed by atoms with van der Waals surface area (Å²) >= 11 is 0. The molecule has 1 saturated carbocycles. The van der Waals surface area contributed by atoms with E-state index in [-0.39, 0.29) is 11.7 Å². The Labute approximate surface area is 139 Å². The smallest absolute Gasteiger partial charge is 0.242 e. The lowest BCUT2D eigenvalue weighted by atomic mass is 9.99. The largest absolute Gasteiger partial charge is 0.352 e. The van der Waals surface area contributed by atoms with Gasteiger partial charge in [-0.3, -0.25) is 9.69 Å². The van der Waals surface area contributed by atoms with Gasteiger partial charge in [0.25, 0.3) is 0 Å². The normalized spacial score (nSPS) is 18.7. The van der Waals surface area contributed by atoms with Crippen molar-refractivity contribution in [2.24, 2.45) is 0 Å². The Kier molecular flexibility index (Phi) is 3.98. The monoisotopic (exact) mass is 326 g/mol. The SMILES string of the molecule is O=C(NC1CC1)[C@@H](c1ccc(F)cc1)N1CCc2cncnc2C1. The van der Waals surface area contributed by atoms with Crippen molar-refractivity contribution >= 4 is 5.91 Å². The van der Waals surface area contributed by atoms with E-state index >= 15 is 0 Å². The van der Waals surface area contributed by atoms with Crippen LogP contribution < -0.4 is 5.32 Å². The molecule has 1 atom stereocenters. The average molecular weight is 326 g/mol. The minimum Gasteiger partial charge on any atom is -0.352 e. The van der Waals surface area contributed by atoms with Gasteiger partial charge in [0.15, 0.2) is 0 Å². The van der Waals surface area contributed by atoms with Crippen LogP contribution in [0.15, 0.2) is 36.8 Å². The number of halogens is 1. The standard InChI is InChI=1S/C18H19FN4O/c19-14-3-1-12(2-4-14)17(18(24)22-15-5-6-15)23-8-7-13-9-20-11-21-16(13)10-23/h1-4,9,11,15,17H,5-8,10H2,(H,22,24)/t17-/m1/s1. The molecule has 0 bridgehead atoms. The number of fused-ring (bicyclic) bond motifs is 1. The Balaban J connectivity index is 1.62. The van der Waals surface area contributed by atoms with Gasteiger partial charge in [-0.25, -0.2) is 14.4 Å². The van der Waals surface area contributed by atoms with E-state index in [0.29, 0.717) is 12.6 Å². The molecule has 1 aromatic heterocycles. The Bertz CT molecular complexity index is 745. The number of nitrogens with one attached hydrogen (secondary N) is 1. The van der Waals surface area contributed by atoms with Crippen molar-refractivity contribution in [3.63, 3.8) is 0 Å². The van der Waals surface area contributed by atoms with Gasteiger partial charge in [0, 0.05) is 25.3 Å². The minimum absolute atomic E-state index is 0.0124. The molecule has 2 aliphatic rings. The van der Waals surface area contributed by atoms with Gasteiger partial charge in [-0.15, -0.1) is 0 Å². The van der Waals surface area contributed by atoms with Crippen molar-refractivity contribution in [1.29, 1.82) is 0 Å². The Morgan fingerprint density at radius 3 is 2.83 bits per heavy atom. The summed E-state index contributed by atoms with van der Waals surface area (Å²) in [5.41, 5.74) is 2.91. The van der Waals surface area contributed by atoms with Crippen LogP contribution in [0.4, 0.5) is 4.39 Å². The molecule has 124 valence electrons. The van der Waals surface area contributed by atoms with Crippen molar-refractivity contribution in [2.75, 3.05) is 6.54 Å². The van der Waals surface area contributed by atoms with Crippen LogP contribution in [0.5, 0.6) is 0 Å². The zero-order valence-electron chi connectivity index (χ0n) is 13.3. The zero-order chi connectivity index (χ0) is 16.5. The zero-order valence-corrected chi connectivity index (χ0v) is 13.3. The van der Waals surface area contributed by atoms with Crippen molar-refractivity contribution in [3.05, 3.63) is 59.4 Å². The molecule has 0 radical (unpaired) electrons. The highest BCUT2D eigenvalue weighted by Gasteiger charge is 2.34. The summed E-state index contributed by atoms with van der Waals surface area (Å²) in [6, 6.07) is 6.08. The van der Waals surface area contributed by atoms with Gasteiger partial charge in [0.05, 0.1) is 5.69 Å². The number of aromatic nitrogens is 2. The first-order valence-corrected chi connectivity index (χ1v) is 8.28. The molecule has 1 aromatic carbocycles. The number of hydrogen-bond donors (Lipinski definition) is 1. The van der Waals surface area contributed by atoms with Crippen molar-refractivity contribution in [1.82, 2.24) is 20.2 Å². The summed E-state index contributed by atoms with van der Waals surface area (Å²) in [6.45, 7) is 1.35. The van der Waals surface area contributed by atoms with Crippen LogP contribution in [0.3, 0.4) is 0 Å². The molecular weight excluding hydrogens is 307 g/mol. The van der Waals surface area contributed by atoms with E-state index in [0.717, 1.165) is 42.6 Å². The maximum absolute atomic E-state index is 13.3. The van der Waals surface area contributed by atoms with Gasteiger partial charge < -0.3 is 5.32 Å². The molecular formula is C18H19FN4O. The highest BCUT2D eigenvalue weighted by molar-refractivity contribution is 5.83. The van der Waals surface area contributed by atoms with E-state index in [1.807, 2.05) is 6.20 Å². The second kappa shape index (κ2) is 6.28. The summed E-state index contributed by atoms with van der Waals surface area (Å²) in [4.78, 5) is 23.3. The summed E-state index contributed by atoms with van der Waals surface area (Å²) in [5, 5.41) is 3.08. The van der Waals surface area contributed by atoms with Crippen LogP contribution in [-0.2, 0) is 17.8 Å². The lowest BCUT2D eigenvalue weighted by molar-refractivity contribution is -0.127. The number of nitrogens with zero attached hydrogens (tertiary/aromatic N) is 3. The fraction of sp³-hybridized carbons (Fsp3) is 0.389. The molecule has 0 unspecified atom stereocenters. The maximum atomic E-state index is 13.3. The quantitative estimate of drug-likeness (QED) is 0.933. The second-order valence-electron chi connectivity index (χ2n) is 6.45. The van der Waals surface area contributed by atoms with Crippen LogP contribution in [0.2, 0.25) is 0 Å². The number of amides is 1. The average Bonchev–Trinajstić information content (AvgIpc) is 3.41. The minimum atomic E-state index is -0.422. The topological polar surface area (TPSA) is 58.1 Å². The summed E-state index contributed by atoms with van der Waals surface area (Å²) < 4.78 is 13.3. The third-order valence-electron chi connectivity index (χ3n) is 4.63. The van der Waals surface area contributed by atoms with Crippen molar-refractivity contribution in [3.8, 4) is 0 Å². The first-order valence-electron chi connectivity index (χ1n) is 8.28. The Hall–Kier alpha value is -2.34. The molecule has 1 N–H and O–H groups in total. The highest BCUT2D eigenvalue weighted by atomic mass is 19.1. The number of carbonyl (C=O) groups excluding carboxylic acids is 1. The molecule has 0 spiro atoms. The summed E-state index contributed by atoms with van der Waals surface area (Å²) in [5.74, 6) is -0.307. The fourth-order valence-corrected chi connectivity index (χ4v) is 3.17. The molecule has 1 fully saturated rings. The molecule has 1 aliphatic heterocycles. The highest BCUT2D eigenvalue weighted by Crippen LogP contribution is 2.29. The van der Waals surface area contributed by atoms with Gasteiger partial charge in [-0.2, -0.15) is 0 Å². The van der Waals surface area contributed by atoms with Gasteiger partial charge in [0.2, 0.25) is 5.91 Å². The number of hydrogen-bond acceptors (Lipinski definition) is 4. The lowest BCUT2D eigenvalue weighted by Crippen LogP contribution is -2.43. The number of rotatable bonds is 4. The van der Waals surface area contributed by atoms with Gasteiger partial charge in [-0.1, -0.05) is 12.1 Å². The van der Waals surface area contributed by atoms with Crippen LogP contribution in [0.25, 0.3) is 0 Å². The molecule has 6 heteroatoms. The van der Waals surface area contributed by atoms with Crippen LogP contribution >= 0.6 is 0 Å². The summed E-state index contributed by atoms with van der Waals surface area (Å²) in [7, 11) is 0. The van der Waals surface area contributed by atoms with E-state index in [1.165, 1.54) is 12.1 Å². The van der Waals surface area contributed by atoms with Crippen molar-refractivity contribution < 1.29 is 9.18 Å². The van der Waals surface area contributed by atoms with Crippen LogP contribution in [0.1, 0.15) is 35.7 Å². The number of benzene rings is 1. The summed E-state index contributed by atoms with van der Waals surface area (Å²) in [6.07, 6.45) is 6.27. The van der Waals surface area contributed by atoms with E-state index in [4.69, 9.17) is 0 Å². The Morgan fingerprint density at radius 2 is 2.08 bits per heavy atom. The fourth-order valence-electron chi connectivity index (χ4n) is 3.17. The molecule has 5 nitrogen and oxygen atoms in total. The van der Waals surface area contributed by atoms with Crippen LogP contribution in [-0.4, -0.2) is 33.4 Å². The first kappa shape index (κ1) is 15.2.